The predicted octanol–water partition coefficient (Wildman–Crippen LogP) is 2.68. The minimum absolute atomic E-state index is 0.122. The molecule has 0 unspecified atom stereocenters. The Balaban J connectivity index is 1.96. The fourth-order valence-corrected chi connectivity index (χ4v) is 2.57. The molecule has 0 bridgehead atoms. The molecule has 106 valence electrons. The number of aryl methyl sites for hydroxylation is 1. The van der Waals surface area contributed by atoms with Crippen LogP contribution >= 0.6 is 0 Å². The molecular weight excluding hydrogens is 250 g/mol. The summed E-state index contributed by atoms with van der Waals surface area (Å²) in [5.41, 5.74) is 2.30. The third-order valence-corrected chi connectivity index (χ3v) is 3.77. The molecule has 2 rings (SSSR count). The van der Waals surface area contributed by atoms with Crippen molar-refractivity contribution in [2.24, 2.45) is 0 Å². The highest BCUT2D eigenvalue weighted by atomic mass is 16.2. The average molecular weight is 271 g/mol. The molecule has 0 atom stereocenters. The summed E-state index contributed by atoms with van der Waals surface area (Å²) in [7, 11) is 0. The van der Waals surface area contributed by atoms with E-state index in [9.17, 15) is 4.79 Å². The van der Waals surface area contributed by atoms with Gasteiger partial charge in [-0.2, -0.15) is 5.26 Å². The summed E-state index contributed by atoms with van der Waals surface area (Å²) in [6.07, 6.45) is 4.63. The summed E-state index contributed by atoms with van der Waals surface area (Å²) in [5, 5.41) is 12.3. The Morgan fingerprint density at radius 2 is 2.00 bits per heavy atom. The van der Waals surface area contributed by atoms with Crippen LogP contribution in [0, 0.1) is 18.3 Å². The van der Waals surface area contributed by atoms with Crippen molar-refractivity contribution in [3.05, 3.63) is 29.3 Å². The first-order valence-electron chi connectivity index (χ1n) is 7.23. The van der Waals surface area contributed by atoms with Crippen LogP contribution in [0.3, 0.4) is 0 Å². The number of carbonyl (C=O) groups excluding carboxylic acids is 1. The lowest BCUT2D eigenvalue weighted by molar-refractivity contribution is -0.129. The van der Waals surface area contributed by atoms with Crippen LogP contribution in [0.2, 0.25) is 0 Å². The number of benzene rings is 1. The second-order valence-electron chi connectivity index (χ2n) is 5.26. The standard InChI is InChI=1S/C16H21N3O/c1-13-7-6-8-15(14(13)11-17)18-12-16(20)19-9-4-2-3-5-10-19/h6-8,18H,2-5,9-10,12H2,1H3. The van der Waals surface area contributed by atoms with Crippen LogP contribution in [0.15, 0.2) is 18.2 Å². The SMILES string of the molecule is Cc1cccc(NCC(=O)N2CCCCCC2)c1C#N. The van der Waals surface area contributed by atoms with Gasteiger partial charge in [0.15, 0.2) is 0 Å². The minimum Gasteiger partial charge on any atom is -0.375 e. The van der Waals surface area contributed by atoms with E-state index >= 15 is 0 Å². The molecule has 1 aromatic carbocycles. The smallest absolute Gasteiger partial charge is 0.241 e. The molecule has 20 heavy (non-hydrogen) atoms. The molecule has 4 nitrogen and oxygen atoms in total. The maximum atomic E-state index is 12.2. The van der Waals surface area contributed by atoms with Gasteiger partial charge in [0.1, 0.15) is 6.07 Å². The number of anilines is 1. The van der Waals surface area contributed by atoms with E-state index in [0.717, 1.165) is 37.2 Å². The summed E-state index contributed by atoms with van der Waals surface area (Å²) >= 11 is 0. The van der Waals surface area contributed by atoms with Crippen LogP contribution in [-0.4, -0.2) is 30.4 Å². The molecule has 0 aliphatic carbocycles. The molecule has 0 aromatic heterocycles. The van der Waals surface area contributed by atoms with Gasteiger partial charge in [0.05, 0.1) is 17.8 Å². The van der Waals surface area contributed by atoms with E-state index < -0.39 is 0 Å². The lowest BCUT2D eigenvalue weighted by Gasteiger charge is -2.21. The molecule has 1 aliphatic heterocycles. The molecule has 1 aromatic rings. The topological polar surface area (TPSA) is 56.1 Å². The van der Waals surface area contributed by atoms with Gasteiger partial charge in [-0.05, 0) is 31.4 Å². The normalized spacial score (nSPS) is 15.3. The summed E-state index contributed by atoms with van der Waals surface area (Å²) in [4.78, 5) is 14.1. The number of carbonyl (C=O) groups is 1. The average Bonchev–Trinajstić information content (AvgIpc) is 2.74. The highest BCUT2D eigenvalue weighted by molar-refractivity contribution is 5.81. The molecule has 1 aliphatic rings. The lowest BCUT2D eigenvalue weighted by Crippen LogP contribution is -2.36. The summed E-state index contributed by atoms with van der Waals surface area (Å²) < 4.78 is 0. The number of likely N-dealkylation sites (tertiary alicyclic amines) is 1. The number of nitrogens with zero attached hydrogens (tertiary/aromatic N) is 2. The van der Waals surface area contributed by atoms with Crippen molar-refractivity contribution in [3.63, 3.8) is 0 Å². The fraction of sp³-hybridized carbons (Fsp3) is 0.500. The van der Waals surface area contributed by atoms with Crippen LogP contribution < -0.4 is 5.32 Å². The van der Waals surface area contributed by atoms with Crippen LogP contribution in [-0.2, 0) is 4.79 Å². The van der Waals surface area contributed by atoms with Crippen LogP contribution in [0.1, 0.15) is 36.8 Å². The van der Waals surface area contributed by atoms with Gasteiger partial charge in [-0.25, -0.2) is 0 Å². The van der Waals surface area contributed by atoms with E-state index in [1.807, 2.05) is 30.0 Å². The second kappa shape index (κ2) is 6.95. The number of hydrogen-bond donors (Lipinski definition) is 1. The third-order valence-electron chi connectivity index (χ3n) is 3.77. The fourth-order valence-electron chi connectivity index (χ4n) is 2.57. The van der Waals surface area contributed by atoms with Gasteiger partial charge in [-0.15, -0.1) is 0 Å². The molecule has 0 saturated carbocycles. The van der Waals surface area contributed by atoms with Gasteiger partial charge in [0, 0.05) is 13.1 Å². The number of nitriles is 1. The van der Waals surface area contributed by atoms with Crippen molar-refractivity contribution in [2.75, 3.05) is 25.0 Å². The van der Waals surface area contributed by atoms with Gasteiger partial charge in [0.2, 0.25) is 5.91 Å². The van der Waals surface area contributed by atoms with Crippen molar-refractivity contribution in [2.45, 2.75) is 32.6 Å². The largest absolute Gasteiger partial charge is 0.375 e. The van der Waals surface area contributed by atoms with Crippen LogP contribution in [0.4, 0.5) is 5.69 Å². The first-order chi connectivity index (χ1) is 9.72. The molecule has 1 N–H and O–H groups in total. The van der Waals surface area contributed by atoms with Gasteiger partial charge in [-0.1, -0.05) is 25.0 Å². The summed E-state index contributed by atoms with van der Waals surface area (Å²) in [6.45, 7) is 3.89. The third kappa shape index (κ3) is 3.51. The first-order valence-corrected chi connectivity index (χ1v) is 7.23. The number of amides is 1. The second-order valence-corrected chi connectivity index (χ2v) is 5.26. The van der Waals surface area contributed by atoms with E-state index in [1.54, 1.807) is 0 Å². The number of rotatable bonds is 3. The van der Waals surface area contributed by atoms with E-state index in [1.165, 1.54) is 12.8 Å². The molecule has 1 saturated heterocycles. The predicted molar refractivity (Wildman–Crippen MR) is 79.4 cm³/mol. The Bertz CT molecular complexity index is 511. The maximum Gasteiger partial charge on any atom is 0.241 e. The zero-order valence-electron chi connectivity index (χ0n) is 12.0. The highest BCUT2D eigenvalue weighted by Crippen LogP contribution is 2.18. The molecule has 1 fully saturated rings. The van der Waals surface area contributed by atoms with Crippen molar-refractivity contribution < 1.29 is 4.79 Å². The van der Waals surface area contributed by atoms with Gasteiger partial charge in [0.25, 0.3) is 0 Å². The van der Waals surface area contributed by atoms with Crippen molar-refractivity contribution in [1.82, 2.24) is 4.90 Å². The van der Waals surface area contributed by atoms with E-state index in [-0.39, 0.29) is 12.5 Å². The summed E-state index contributed by atoms with van der Waals surface area (Å²) in [5.74, 6) is 0.122. The zero-order valence-corrected chi connectivity index (χ0v) is 12.0. The van der Waals surface area contributed by atoms with E-state index in [4.69, 9.17) is 5.26 Å². The highest BCUT2D eigenvalue weighted by Gasteiger charge is 2.15. The van der Waals surface area contributed by atoms with E-state index in [2.05, 4.69) is 11.4 Å². The molecule has 1 heterocycles. The molecule has 0 spiro atoms. The first kappa shape index (κ1) is 14.4. The van der Waals surface area contributed by atoms with Gasteiger partial charge < -0.3 is 10.2 Å². The lowest BCUT2D eigenvalue weighted by atomic mass is 10.1. The molecular formula is C16H21N3O. The van der Waals surface area contributed by atoms with Gasteiger partial charge in [-0.3, -0.25) is 4.79 Å². The summed E-state index contributed by atoms with van der Waals surface area (Å²) in [6, 6.07) is 7.84. The molecule has 4 heteroatoms. The Kier molecular flexibility index (Phi) is 5.00. The molecule has 1 amide bonds. The van der Waals surface area contributed by atoms with Crippen molar-refractivity contribution >= 4 is 11.6 Å². The minimum atomic E-state index is 0.122. The van der Waals surface area contributed by atoms with Crippen molar-refractivity contribution in [3.8, 4) is 6.07 Å². The van der Waals surface area contributed by atoms with Crippen LogP contribution in [0.25, 0.3) is 0 Å². The number of nitrogens with one attached hydrogen (secondary N) is 1. The monoisotopic (exact) mass is 271 g/mol. The maximum absolute atomic E-state index is 12.2. The Morgan fingerprint density at radius 3 is 2.65 bits per heavy atom. The number of hydrogen-bond acceptors (Lipinski definition) is 3. The zero-order chi connectivity index (χ0) is 14.4. The Morgan fingerprint density at radius 1 is 1.30 bits per heavy atom. The Labute approximate surface area is 120 Å². The quantitative estimate of drug-likeness (QED) is 0.919. The Hall–Kier alpha value is -2.02. The van der Waals surface area contributed by atoms with Crippen LogP contribution in [0.5, 0.6) is 0 Å². The van der Waals surface area contributed by atoms with E-state index in [0.29, 0.717) is 5.56 Å². The van der Waals surface area contributed by atoms with Gasteiger partial charge >= 0.3 is 0 Å². The van der Waals surface area contributed by atoms with Crippen molar-refractivity contribution in [1.29, 1.82) is 5.26 Å². The molecule has 0 radical (unpaired) electrons.